The maximum absolute atomic E-state index is 9.41. The van der Waals surface area contributed by atoms with E-state index in [1.54, 1.807) is 6.20 Å². The van der Waals surface area contributed by atoms with E-state index in [9.17, 15) is 5.11 Å². The van der Waals surface area contributed by atoms with Crippen molar-refractivity contribution in [2.75, 3.05) is 6.61 Å². The first-order valence-electron chi connectivity index (χ1n) is 7.52. The molecule has 21 heavy (non-hydrogen) atoms. The monoisotopic (exact) mass is 284 g/mol. The Balaban J connectivity index is 2.01. The average molecular weight is 284 g/mol. The van der Waals surface area contributed by atoms with Gasteiger partial charge in [-0.15, -0.1) is 0 Å². The molecule has 0 aliphatic heterocycles. The van der Waals surface area contributed by atoms with Gasteiger partial charge in [0.05, 0.1) is 6.61 Å². The second-order valence-electron chi connectivity index (χ2n) is 5.83. The van der Waals surface area contributed by atoms with Gasteiger partial charge in [0.15, 0.2) is 0 Å². The van der Waals surface area contributed by atoms with Crippen LogP contribution in [0.2, 0.25) is 0 Å². The second kappa shape index (κ2) is 7.91. The summed E-state index contributed by atoms with van der Waals surface area (Å²) in [7, 11) is 0. The van der Waals surface area contributed by atoms with Crippen molar-refractivity contribution in [2.24, 2.45) is 5.92 Å². The van der Waals surface area contributed by atoms with Crippen molar-refractivity contribution in [3.05, 3.63) is 54.4 Å². The number of hydrogen-bond acceptors (Lipinski definition) is 3. The van der Waals surface area contributed by atoms with Gasteiger partial charge < -0.3 is 10.4 Å². The summed E-state index contributed by atoms with van der Waals surface area (Å²) >= 11 is 0. The predicted octanol–water partition coefficient (Wildman–Crippen LogP) is 3.25. The smallest absolute Gasteiger partial charge is 0.0584 e. The predicted molar refractivity (Wildman–Crippen MR) is 86.8 cm³/mol. The fourth-order valence-electron chi connectivity index (χ4n) is 2.45. The molecule has 2 rings (SSSR count). The van der Waals surface area contributed by atoms with Crippen LogP contribution >= 0.6 is 0 Å². The van der Waals surface area contributed by atoms with Crippen LogP contribution in [0.15, 0.2) is 48.8 Å². The van der Waals surface area contributed by atoms with E-state index in [0.29, 0.717) is 5.92 Å². The van der Waals surface area contributed by atoms with Gasteiger partial charge in [-0.05, 0) is 41.2 Å². The first-order chi connectivity index (χ1) is 10.2. The molecule has 3 nitrogen and oxygen atoms in total. The van der Waals surface area contributed by atoms with Gasteiger partial charge in [-0.2, -0.15) is 0 Å². The van der Waals surface area contributed by atoms with Gasteiger partial charge >= 0.3 is 0 Å². The van der Waals surface area contributed by atoms with Crippen molar-refractivity contribution in [1.82, 2.24) is 10.3 Å². The average Bonchev–Trinajstić information content (AvgIpc) is 2.52. The van der Waals surface area contributed by atoms with Gasteiger partial charge in [-0.1, -0.05) is 38.1 Å². The van der Waals surface area contributed by atoms with Crippen molar-refractivity contribution in [3.8, 4) is 11.1 Å². The SMILES string of the molecule is CC(C)CC(CO)NCc1cccc(-c2cccnc2)c1. The molecule has 2 N–H and O–H groups in total. The Labute approximate surface area is 127 Å². The van der Waals surface area contributed by atoms with Gasteiger partial charge in [0.25, 0.3) is 0 Å². The van der Waals surface area contributed by atoms with Crippen LogP contribution in [0.1, 0.15) is 25.8 Å². The number of nitrogens with zero attached hydrogens (tertiary/aromatic N) is 1. The molecule has 0 aliphatic rings. The molecule has 3 heteroatoms. The van der Waals surface area contributed by atoms with Gasteiger partial charge in [0.2, 0.25) is 0 Å². The number of aromatic nitrogens is 1. The van der Waals surface area contributed by atoms with E-state index in [2.05, 4.69) is 54.5 Å². The third kappa shape index (κ3) is 4.96. The van der Waals surface area contributed by atoms with Crippen LogP contribution in [0.25, 0.3) is 11.1 Å². The van der Waals surface area contributed by atoms with Crippen LogP contribution in [0.3, 0.4) is 0 Å². The molecule has 112 valence electrons. The van der Waals surface area contributed by atoms with E-state index in [4.69, 9.17) is 0 Å². The van der Waals surface area contributed by atoms with Crippen LogP contribution in [0.5, 0.6) is 0 Å². The molecule has 0 radical (unpaired) electrons. The number of pyridine rings is 1. The lowest BCUT2D eigenvalue weighted by Gasteiger charge is -2.18. The topological polar surface area (TPSA) is 45.1 Å². The number of rotatable bonds is 7. The molecular formula is C18H24N2O. The summed E-state index contributed by atoms with van der Waals surface area (Å²) < 4.78 is 0. The molecule has 2 aromatic rings. The minimum atomic E-state index is 0.159. The third-order valence-electron chi connectivity index (χ3n) is 3.49. The number of aliphatic hydroxyl groups excluding tert-OH is 1. The largest absolute Gasteiger partial charge is 0.395 e. The molecule has 0 fully saturated rings. The Morgan fingerprint density at radius 1 is 1.14 bits per heavy atom. The fourth-order valence-corrected chi connectivity index (χ4v) is 2.45. The Morgan fingerprint density at radius 2 is 1.95 bits per heavy atom. The molecule has 0 bridgehead atoms. The first-order valence-corrected chi connectivity index (χ1v) is 7.52. The molecule has 1 atom stereocenters. The van der Waals surface area contributed by atoms with Crippen LogP contribution in [0.4, 0.5) is 0 Å². The Morgan fingerprint density at radius 3 is 2.62 bits per heavy atom. The number of nitrogens with one attached hydrogen (secondary N) is 1. The number of aliphatic hydroxyl groups is 1. The molecule has 0 saturated heterocycles. The van der Waals surface area contributed by atoms with E-state index in [-0.39, 0.29) is 12.6 Å². The molecular weight excluding hydrogens is 260 g/mol. The lowest BCUT2D eigenvalue weighted by atomic mass is 10.0. The highest BCUT2D eigenvalue weighted by Gasteiger charge is 2.09. The Kier molecular flexibility index (Phi) is 5.90. The van der Waals surface area contributed by atoms with Crippen LogP contribution < -0.4 is 5.32 Å². The Bertz CT molecular complexity index is 540. The fraction of sp³-hybridized carbons (Fsp3) is 0.389. The van der Waals surface area contributed by atoms with E-state index < -0.39 is 0 Å². The number of benzene rings is 1. The zero-order valence-electron chi connectivity index (χ0n) is 12.8. The zero-order chi connectivity index (χ0) is 15.1. The summed E-state index contributed by atoms with van der Waals surface area (Å²) in [5.74, 6) is 0.580. The third-order valence-corrected chi connectivity index (χ3v) is 3.49. The molecule has 1 aromatic heterocycles. The zero-order valence-corrected chi connectivity index (χ0v) is 12.8. The van der Waals surface area contributed by atoms with Crippen LogP contribution in [-0.4, -0.2) is 22.7 Å². The van der Waals surface area contributed by atoms with Crippen molar-refractivity contribution in [2.45, 2.75) is 32.9 Å². The number of hydrogen-bond donors (Lipinski definition) is 2. The van der Waals surface area contributed by atoms with Gasteiger partial charge in [0, 0.05) is 25.0 Å². The van der Waals surface area contributed by atoms with Crippen molar-refractivity contribution >= 4 is 0 Å². The molecule has 0 spiro atoms. The van der Waals surface area contributed by atoms with Crippen LogP contribution in [-0.2, 0) is 6.54 Å². The summed E-state index contributed by atoms with van der Waals surface area (Å²) in [5, 5.41) is 12.8. The molecule has 1 aromatic carbocycles. The molecule has 1 unspecified atom stereocenters. The van der Waals surface area contributed by atoms with Crippen LogP contribution in [0, 0.1) is 5.92 Å². The van der Waals surface area contributed by atoms with Gasteiger partial charge in [-0.25, -0.2) is 0 Å². The lowest BCUT2D eigenvalue weighted by molar-refractivity contribution is 0.223. The normalized spacial score (nSPS) is 12.6. The summed E-state index contributed by atoms with van der Waals surface area (Å²) in [6.45, 7) is 5.30. The van der Waals surface area contributed by atoms with Crippen molar-refractivity contribution in [3.63, 3.8) is 0 Å². The maximum Gasteiger partial charge on any atom is 0.0584 e. The van der Waals surface area contributed by atoms with Crippen molar-refractivity contribution in [1.29, 1.82) is 0 Å². The summed E-state index contributed by atoms with van der Waals surface area (Å²) in [6, 6.07) is 12.6. The molecule has 0 saturated carbocycles. The van der Waals surface area contributed by atoms with E-state index in [1.165, 1.54) is 11.1 Å². The quantitative estimate of drug-likeness (QED) is 0.820. The highest BCUT2D eigenvalue weighted by molar-refractivity contribution is 5.62. The van der Waals surface area contributed by atoms with E-state index >= 15 is 0 Å². The summed E-state index contributed by atoms with van der Waals surface area (Å²) in [6.07, 6.45) is 4.65. The first kappa shape index (κ1) is 15.7. The molecule has 0 amide bonds. The standard InChI is InChI=1S/C18H24N2O/c1-14(2)9-18(13-21)20-11-15-5-3-6-16(10-15)17-7-4-8-19-12-17/h3-8,10,12,14,18,20-21H,9,11,13H2,1-2H3. The highest BCUT2D eigenvalue weighted by atomic mass is 16.3. The molecule has 0 aliphatic carbocycles. The van der Waals surface area contributed by atoms with E-state index in [1.807, 2.05) is 12.3 Å². The second-order valence-corrected chi connectivity index (χ2v) is 5.83. The lowest BCUT2D eigenvalue weighted by Crippen LogP contribution is -2.33. The Hall–Kier alpha value is -1.71. The minimum absolute atomic E-state index is 0.159. The summed E-state index contributed by atoms with van der Waals surface area (Å²) in [5.41, 5.74) is 3.52. The van der Waals surface area contributed by atoms with E-state index in [0.717, 1.165) is 18.5 Å². The van der Waals surface area contributed by atoms with Gasteiger partial charge in [-0.3, -0.25) is 4.98 Å². The van der Waals surface area contributed by atoms with Crippen molar-refractivity contribution < 1.29 is 5.11 Å². The maximum atomic E-state index is 9.41. The highest BCUT2D eigenvalue weighted by Crippen LogP contribution is 2.19. The molecule has 1 heterocycles. The summed E-state index contributed by atoms with van der Waals surface area (Å²) in [4.78, 5) is 4.16. The van der Waals surface area contributed by atoms with Gasteiger partial charge in [0.1, 0.15) is 0 Å². The minimum Gasteiger partial charge on any atom is -0.395 e.